The second-order valence-corrected chi connectivity index (χ2v) is 1.34. The zero-order chi connectivity index (χ0) is 4.50. The normalized spacial score (nSPS) is 8.43. The van der Waals surface area contributed by atoms with E-state index in [2.05, 4.69) is 0 Å². The summed E-state index contributed by atoms with van der Waals surface area (Å²) in [6.07, 6.45) is 0. The molecule has 0 saturated carbocycles. The van der Waals surface area contributed by atoms with E-state index in [1.165, 1.54) is 0 Å². The van der Waals surface area contributed by atoms with E-state index in [4.69, 9.17) is 19.2 Å². The third-order valence-electron chi connectivity index (χ3n) is 0. The zero-order valence-corrected chi connectivity index (χ0v) is 6.34. The van der Waals surface area contributed by atoms with Gasteiger partial charge >= 0.3 is 40.1 Å². The summed E-state index contributed by atoms with van der Waals surface area (Å²) in [5, 5.41) is 0. The first-order valence-corrected chi connectivity index (χ1v) is 2.19. The van der Waals surface area contributed by atoms with E-state index >= 15 is 0 Å². The fraction of sp³-hybridized carbons (Fsp3) is 0. The van der Waals surface area contributed by atoms with Gasteiger partial charge in [-0.05, 0) is 0 Å². The van der Waals surface area contributed by atoms with E-state index in [1.54, 1.807) is 0 Å². The van der Waals surface area contributed by atoms with Crippen molar-refractivity contribution in [2.75, 3.05) is 0 Å². The first kappa shape index (κ1) is 15.8. The van der Waals surface area contributed by atoms with Crippen molar-refractivity contribution < 1.29 is 36.3 Å². The summed E-state index contributed by atoms with van der Waals surface area (Å²) in [5.74, 6) is 0. The van der Waals surface area contributed by atoms with E-state index in [-0.39, 0.29) is 40.1 Å². The van der Waals surface area contributed by atoms with E-state index < -0.39 is 7.82 Å². The van der Waals surface area contributed by atoms with Crippen LogP contribution in [0.25, 0.3) is 0 Å². The van der Waals surface area contributed by atoms with Crippen molar-refractivity contribution in [3.05, 3.63) is 0 Å². The summed E-state index contributed by atoms with van der Waals surface area (Å²) in [6, 6.07) is 0. The van der Waals surface area contributed by atoms with Crippen LogP contribution in [0.3, 0.4) is 0 Å². The van der Waals surface area contributed by atoms with Crippen LogP contribution in [-0.4, -0.2) is 23.1 Å². The Morgan fingerprint density at radius 1 is 1.14 bits per heavy atom. The Labute approximate surface area is 67.2 Å². The van der Waals surface area contributed by atoms with Crippen LogP contribution in [0.4, 0.5) is 0 Å². The van der Waals surface area contributed by atoms with Gasteiger partial charge in [0, 0.05) is 0 Å². The molecule has 0 rings (SSSR count). The molecule has 4 nitrogen and oxygen atoms in total. The summed E-state index contributed by atoms with van der Waals surface area (Å²) < 4.78 is 8.55. The predicted octanol–water partition coefficient (Wildman–Crippen LogP) is -3.21. The first-order valence-electron chi connectivity index (χ1n) is 0.730. The van der Waals surface area contributed by atoms with Gasteiger partial charge in [0.2, 0.25) is 0 Å². The van der Waals surface area contributed by atoms with Gasteiger partial charge in [-0.3, -0.25) is 0 Å². The van der Waals surface area contributed by atoms with Crippen molar-refractivity contribution in [3.63, 3.8) is 0 Å². The molecule has 0 aromatic heterocycles. The Hall–Kier alpha value is 1.40. The van der Waals surface area contributed by atoms with Gasteiger partial charge in [0.15, 0.2) is 0 Å². The average molecular weight is 183 g/mol. The molecule has 0 N–H and O–H groups in total. The Morgan fingerprint density at radius 2 is 1.14 bits per heavy atom. The first-order chi connectivity index (χ1) is 2.00. The second-order valence-electron chi connectivity index (χ2n) is 0.447. The number of phosphoric acid groups is 1. The van der Waals surface area contributed by atoms with Crippen LogP contribution >= 0.6 is 7.82 Å². The number of hydrogen-bond donors (Lipinski definition) is 0. The topological polar surface area (TPSA) is 86.2 Å². The molecule has 0 spiro atoms. The van der Waals surface area contributed by atoms with Crippen LogP contribution in [0.2, 0.25) is 0 Å². The predicted molar refractivity (Wildman–Crippen MR) is 13.4 cm³/mol. The van der Waals surface area contributed by atoms with Gasteiger partial charge in [0.1, 0.15) is 0 Å². The van der Waals surface area contributed by atoms with Crippen molar-refractivity contribution in [2.24, 2.45) is 0 Å². The molecule has 0 fully saturated rings. The van der Waals surface area contributed by atoms with E-state index in [0.717, 1.165) is 0 Å². The fourth-order valence-electron chi connectivity index (χ4n) is 0. The summed E-state index contributed by atoms with van der Waals surface area (Å²) in [6.45, 7) is 0. The molecule has 41 valence electrons. The maximum absolute atomic E-state index is 8.55. The molecule has 0 aromatic rings. The van der Waals surface area contributed by atoms with Crippen molar-refractivity contribution >= 4 is 30.9 Å². The Bertz CT molecular complexity index is 57.8. The molecule has 0 saturated heterocycles. The molecule has 0 atom stereocenters. The van der Waals surface area contributed by atoms with Gasteiger partial charge in [0.25, 0.3) is 0 Å². The van der Waals surface area contributed by atoms with Crippen LogP contribution in [0.1, 0.15) is 0 Å². The number of hydrogen-bond acceptors (Lipinski definition) is 4. The maximum Gasteiger partial charge on any atom is 2.00 e. The summed E-state index contributed by atoms with van der Waals surface area (Å²) >= 11 is 0. The van der Waals surface area contributed by atoms with Crippen molar-refractivity contribution in [3.8, 4) is 0 Å². The van der Waals surface area contributed by atoms with Crippen molar-refractivity contribution in [1.29, 1.82) is 0 Å². The molecule has 0 aromatic carbocycles. The van der Waals surface area contributed by atoms with Crippen LogP contribution in [0.5, 0.6) is 0 Å². The van der Waals surface area contributed by atoms with Gasteiger partial charge < -0.3 is 19.2 Å². The monoisotopic (exact) mass is 182 g/mol. The molecule has 7 heavy (non-hydrogen) atoms. The van der Waals surface area contributed by atoms with Gasteiger partial charge in [-0.2, -0.15) is 7.82 Å². The van der Waals surface area contributed by atoms with Gasteiger partial charge in [0.05, 0.1) is 0 Å². The smallest absolute Gasteiger partial charge is 0.822 e. The van der Waals surface area contributed by atoms with Crippen molar-refractivity contribution in [2.45, 2.75) is 0 Å². The van der Waals surface area contributed by atoms with E-state index in [9.17, 15) is 0 Å². The molecule has 0 aliphatic heterocycles. The molecule has 1 radical (unpaired) electrons. The van der Waals surface area contributed by atoms with Gasteiger partial charge in [-0.25, -0.2) is 0 Å². The third-order valence-corrected chi connectivity index (χ3v) is 0. The van der Waals surface area contributed by atoms with Gasteiger partial charge in [-0.15, -0.1) is 0 Å². The Kier molecular flexibility index (Phi) is 12.5. The summed E-state index contributed by atoms with van der Waals surface area (Å²) in [4.78, 5) is 25.6. The maximum atomic E-state index is 8.55. The van der Waals surface area contributed by atoms with E-state index in [0.29, 0.717) is 0 Å². The minimum Gasteiger partial charge on any atom is -0.822 e. The number of rotatable bonds is 0. The largest absolute Gasteiger partial charge is 2.00 e. The molecule has 0 heterocycles. The minimum atomic E-state index is -5.39. The molecule has 7 heteroatoms. The Morgan fingerprint density at radius 3 is 1.14 bits per heavy atom. The van der Waals surface area contributed by atoms with Crippen LogP contribution < -0.4 is 14.7 Å². The standard InChI is InChI=1S/Cu.Mg.H3O4P/c;;1-5(2,3)4/h;;(H3,1,2,3,4)/q2*+2;/p-3. The third kappa shape index (κ3) is 111. The van der Waals surface area contributed by atoms with Crippen molar-refractivity contribution in [1.82, 2.24) is 0 Å². The Balaban J connectivity index is -0.0000000800. The van der Waals surface area contributed by atoms with Gasteiger partial charge in [-0.1, -0.05) is 0 Å². The average Bonchev–Trinajstić information content (AvgIpc) is 0.722. The fourth-order valence-corrected chi connectivity index (χ4v) is 0. The van der Waals surface area contributed by atoms with Crippen LogP contribution in [-0.2, 0) is 21.6 Å². The van der Waals surface area contributed by atoms with Crippen LogP contribution in [0.15, 0.2) is 0 Å². The summed E-state index contributed by atoms with van der Waals surface area (Å²) in [7, 11) is -5.39. The van der Waals surface area contributed by atoms with Crippen LogP contribution in [0, 0.1) is 0 Å². The molecular formula is CuMgO4P+. The molecule has 0 amide bonds. The molecular weight excluding hydrogens is 183 g/mol. The summed E-state index contributed by atoms with van der Waals surface area (Å²) in [5.41, 5.74) is 0. The quantitative estimate of drug-likeness (QED) is 0.292. The molecule has 0 bridgehead atoms. The SMILES string of the molecule is O=P([O-])([O-])[O-].[Cu+2].[Mg+2]. The molecule has 0 unspecified atom stereocenters. The zero-order valence-electron chi connectivity index (χ0n) is 3.09. The minimum absolute atomic E-state index is 0. The molecule has 0 aliphatic carbocycles. The van der Waals surface area contributed by atoms with E-state index in [1.807, 2.05) is 0 Å². The molecule has 0 aliphatic rings. The second kappa shape index (κ2) is 5.53.